The minimum absolute atomic E-state index is 0.0468. The second-order valence-electron chi connectivity index (χ2n) is 7.24. The summed E-state index contributed by atoms with van der Waals surface area (Å²) in [6.07, 6.45) is 0. The number of benzene rings is 3. The Hall–Kier alpha value is -2.89. The maximum atomic E-state index is 13.4. The number of amides is 1. The predicted octanol–water partition coefficient (Wildman–Crippen LogP) is 6.24. The van der Waals surface area contributed by atoms with Crippen LogP contribution in [0.25, 0.3) is 11.3 Å². The molecule has 0 spiro atoms. The Kier molecular flexibility index (Phi) is 4.93. The Morgan fingerprint density at radius 3 is 2.37 bits per heavy atom. The topological polar surface area (TPSA) is 49.0 Å². The van der Waals surface area contributed by atoms with Crippen molar-refractivity contribution in [3.8, 4) is 11.3 Å². The molecule has 5 rings (SSSR count). The smallest absolute Gasteiger partial charge is 0.273 e. The molecule has 30 heavy (non-hydrogen) atoms. The van der Waals surface area contributed by atoms with Crippen molar-refractivity contribution in [3.63, 3.8) is 0 Å². The van der Waals surface area contributed by atoms with Gasteiger partial charge in [0.05, 0.1) is 11.7 Å². The Balaban J connectivity index is 1.64. The van der Waals surface area contributed by atoms with E-state index >= 15 is 0 Å². The second-order valence-corrected chi connectivity index (χ2v) is 8.59. The summed E-state index contributed by atoms with van der Waals surface area (Å²) in [6.45, 7) is 0.517. The SMILES string of the molecule is O=C1c2[nH]nc(-c3ccc(Cl)cc3)c2C(c2ccc(Br)cc2)N1Cc1ccccc1. The molecule has 1 unspecified atom stereocenters. The number of hydrogen-bond donors (Lipinski definition) is 1. The van der Waals surface area contributed by atoms with Crippen LogP contribution < -0.4 is 0 Å². The number of nitrogens with zero attached hydrogens (tertiary/aromatic N) is 2. The standard InChI is InChI=1S/C24H17BrClN3O/c25-18-10-6-17(7-11-18)23-20-21(16-8-12-19(26)13-9-16)27-28-22(20)24(30)29(23)14-15-4-2-1-3-5-15/h1-13,23H,14H2,(H,27,28). The highest BCUT2D eigenvalue weighted by Crippen LogP contribution is 2.43. The van der Waals surface area contributed by atoms with E-state index in [1.165, 1.54) is 0 Å². The molecule has 1 aromatic heterocycles. The first-order valence-corrected chi connectivity index (χ1v) is 10.7. The normalized spacial score (nSPS) is 15.5. The second kappa shape index (κ2) is 7.74. The van der Waals surface area contributed by atoms with Crippen molar-refractivity contribution in [3.05, 3.63) is 111 Å². The van der Waals surface area contributed by atoms with Gasteiger partial charge in [0, 0.05) is 27.2 Å². The van der Waals surface area contributed by atoms with Crippen molar-refractivity contribution in [1.82, 2.24) is 15.1 Å². The number of rotatable bonds is 4. The minimum atomic E-state index is -0.231. The monoisotopic (exact) mass is 477 g/mol. The first kappa shape index (κ1) is 19.1. The molecular formula is C24H17BrClN3O. The van der Waals surface area contributed by atoms with Crippen molar-refractivity contribution in [2.24, 2.45) is 0 Å². The molecule has 1 amide bonds. The summed E-state index contributed by atoms with van der Waals surface area (Å²) in [6, 6.07) is 25.4. The molecule has 4 nitrogen and oxygen atoms in total. The van der Waals surface area contributed by atoms with Gasteiger partial charge in [0.1, 0.15) is 5.69 Å². The van der Waals surface area contributed by atoms with Gasteiger partial charge in [-0.3, -0.25) is 9.89 Å². The molecule has 4 aromatic rings. The van der Waals surface area contributed by atoms with Gasteiger partial charge in [0.2, 0.25) is 0 Å². The highest BCUT2D eigenvalue weighted by atomic mass is 79.9. The summed E-state index contributed by atoms with van der Waals surface area (Å²) in [5.74, 6) is -0.0468. The molecule has 6 heteroatoms. The van der Waals surface area contributed by atoms with Crippen LogP contribution >= 0.6 is 27.5 Å². The Morgan fingerprint density at radius 2 is 1.67 bits per heavy atom. The van der Waals surface area contributed by atoms with E-state index in [2.05, 4.69) is 26.1 Å². The summed E-state index contributed by atoms with van der Waals surface area (Å²) in [5, 5.41) is 8.15. The van der Waals surface area contributed by atoms with Crippen LogP contribution in [0.15, 0.2) is 83.3 Å². The molecule has 1 aliphatic heterocycles. The van der Waals surface area contributed by atoms with Crippen LogP contribution in [0.1, 0.15) is 33.2 Å². The largest absolute Gasteiger partial charge is 0.322 e. The van der Waals surface area contributed by atoms with Gasteiger partial charge in [0.25, 0.3) is 5.91 Å². The number of aromatic amines is 1. The van der Waals surface area contributed by atoms with Gasteiger partial charge >= 0.3 is 0 Å². The lowest BCUT2D eigenvalue weighted by Gasteiger charge is -2.26. The minimum Gasteiger partial charge on any atom is -0.322 e. The molecule has 1 N–H and O–H groups in total. The van der Waals surface area contributed by atoms with E-state index in [0.717, 1.165) is 32.4 Å². The van der Waals surface area contributed by atoms with Crippen LogP contribution in [-0.2, 0) is 6.54 Å². The zero-order valence-corrected chi connectivity index (χ0v) is 18.2. The third-order valence-electron chi connectivity index (χ3n) is 5.36. The molecule has 0 saturated heterocycles. The van der Waals surface area contributed by atoms with Crippen molar-refractivity contribution < 1.29 is 4.79 Å². The molecule has 1 atom stereocenters. The number of aromatic nitrogens is 2. The number of fused-ring (bicyclic) bond motifs is 1. The number of carbonyl (C=O) groups is 1. The van der Waals surface area contributed by atoms with Crippen molar-refractivity contribution in [1.29, 1.82) is 0 Å². The average Bonchev–Trinajstić information content (AvgIpc) is 3.30. The number of halogens is 2. The average molecular weight is 479 g/mol. The molecule has 0 aliphatic carbocycles. The highest BCUT2D eigenvalue weighted by molar-refractivity contribution is 9.10. The van der Waals surface area contributed by atoms with E-state index in [9.17, 15) is 4.79 Å². The van der Waals surface area contributed by atoms with Gasteiger partial charge in [-0.05, 0) is 35.4 Å². The molecule has 1 aliphatic rings. The zero-order valence-electron chi connectivity index (χ0n) is 15.8. The van der Waals surface area contributed by atoms with Crippen molar-refractivity contribution >= 4 is 33.4 Å². The lowest BCUT2D eigenvalue weighted by molar-refractivity contribution is 0.0730. The fraction of sp³-hybridized carbons (Fsp3) is 0.0833. The van der Waals surface area contributed by atoms with Crippen LogP contribution in [0.5, 0.6) is 0 Å². The summed E-state index contributed by atoms with van der Waals surface area (Å²) >= 11 is 9.58. The van der Waals surface area contributed by atoms with Gasteiger partial charge < -0.3 is 4.90 Å². The molecular weight excluding hydrogens is 462 g/mol. The maximum Gasteiger partial charge on any atom is 0.273 e. The maximum absolute atomic E-state index is 13.4. The summed E-state index contributed by atoms with van der Waals surface area (Å²) in [5.41, 5.74) is 5.27. The molecule has 148 valence electrons. The molecule has 2 heterocycles. The summed E-state index contributed by atoms with van der Waals surface area (Å²) < 4.78 is 0.996. The molecule has 0 saturated carbocycles. The van der Waals surface area contributed by atoms with Gasteiger partial charge in [-0.25, -0.2) is 0 Å². The lowest BCUT2D eigenvalue weighted by atomic mass is 9.96. The summed E-state index contributed by atoms with van der Waals surface area (Å²) in [4.78, 5) is 15.3. The molecule has 0 fully saturated rings. The Bertz CT molecular complexity index is 1200. The van der Waals surface area contributed by atoms with Gasteiger partial charge in [0.15, 0.2) is 0 Å². The van der Waals surface area contributed by atoms with Crippen molar-refractivity contribution in [2.45, 2.75) is 12.6 Å². The fourth-order valence-corrected chi connectivity index (χ4v) is 4.35. The fourth-order valence-electron chi connectivity index (χ4n) is 3.96. The number of nitrogens with one attached hydrogen (secondary N) is 1. The van der Waals surface area contributed by atoms with Crippen LogP contribution in [0.3, 0.4) is 0 Å². The quantitative estimate of drug-likeness (QED) is 0.377. The van der Waals surface area contributed by atoms with Crippen LogP contribution in [-0.4, -0.2) is 21.0 Å². The number of H-pyrrole nitrogens is 1. The van der Waals surface area contributed by atoms with Gasteiger partial charge in [-0.15, -0.1) is 0 Å². The van der Waals surface area contributed by atoms with E-state index in [1.54, 1.807) is 0 Å². The van der Waals surface area contributed by atoms with Crippen molar-refractivity contribution in [2.75, 3.05) is 0 Å². The van der Waals surface area contributed by atoms with E-state index in [1.807, 2.05) is 83.8 Å². The predicted molar refractivity (Wildman–Crippen MR) is 121 cm³/mol. The van der Waals surface area contributed by atoms with Gasteiger partial charge in [-0.1, -0.05) is 82.1 Å². The van der Waals surface area contributed by atoms with E-state index < -0.39 is 0 Å². The molecule has 3 aromatic carbocycles. The first-order chi connectivity index (χ1) is 14.6. The highest BCUT2D eigenvalue weighted by Gasteiger charge is 2.42. The lowest BCUT2D eigenvalue weighted by Crippen LogP contribution is -2.29. The van der Waals surface area contributed by atoms with E-state index in [4.69, 9.17) is 11.6 Å². The summed E-state index contributed by atoms with van der Waals surface area (Å²) in [7, 11) is 0. The Morgan fingerprint density at radius 1 is 0.967 bits per heavy atom. The van der Waals surface area contributed by atoms with Crippen LogP contribution in [0, 0.1) is 0 Å². The molecule has 0 bridgehead atoms. The van der Waals surface area contributed by atoms with Gasteiger partial charge in [-0.2, -0.15) is 5.10 Å². The van der Waals surface area contributed by atoms with E-state index in [-0.39, 0.29) is 11.9 Å². The first-order valence-electron chi connectivity index (χ1n) is 9.56. The molecule has 0 radical (unpaired) electrons. The number of hydrogen-bond acceptors (Lipinski definition) is 2. The third-order valence-corrected chi connectivity index (χ3v) is 6.14. The number of carbonyl (C=O) groups excluding carboxylic acids is 1. The zero-order chi connectivity index (χ0) is 20.7. The third kappa shape index (κ3) is 3.34. The van der Waals surface area contributed by atoms with Crippen LogP contribution in [0.4, 0.5) is 0 Å². The van der Waals surface area contributed by atoms with E-state index in [0.29, 0.717) is 17.3 Å². The van der Waals surface area contributed by atoms with Crippen LogP contribution in [0.2, 0.25) is 5.02 Å². The Labute approximate surface area is 187 Å².